The molecule has 1 heterocycles. The maximum atomic E-state index is 12.9. The van der Waals surface area contributed by atoms with Crippen LogP contribution in [-0.2, 0) is 15.7 Å². The molecule has 2 rings (SSSR count). The molecule has 1 aliphatic rings. The Labute approximate surface area is 153 Å². The van der Waals surface area contributed by atoms with E-state index in [1.165, 1.54) is 15.8 Å². The average Bonchev–Trinajstić information content (AvgIpc) is 3.23. The minimum absolute atomic E-state index is 0.00106. The van der Waals surface area contributed by atoms with Crippen molar-refractivity contribution in [1.29, 1.82) is 0 Å². The van der Waals surface area contributed by atoms with Gasteiger partial charge in [0.1, 0.15) is 0 Å². The number of aromatic nitrogens is 2. The van der Waals surface area contributed by atoms with Crippen LogP contribution in [0, 0.1) is 18.8 Å². The summed E-state index contributed by atoms with van der Waals surface area (Å²) in [7, 11) is -2.24. The van der Waals surface area contributed by atoms with Gasteiger partial charge in [0.2, 0.25) is 0 Å². The third-order valence-electron chi connectivity index (χ3n) is 5.13. The van der Waals surface area contributed by atoms with Crippen LogP contribution in [0.2, 0.25) is 0 Å². The predicted octanol–water partition coefficient (Wildman–Crippen LogP) is 2.11. The number of hydrogen-bond donors (Lipinski definition) is 2. The molecule has 1 aromatic rings. The Morgan fingerprint density at radius 3 is 2.31 bits per heavy atom. The summed E-state index contributed by atoms with van der Waals surface area (Å²) in [6, 6.07) is 0. The van der Waals surface area contributed by atoms with E-state index in [0.29, 0.717) is 5.56 Å². The highest BCUT2D eigenvalue weighted by Crippen LogP contribution is 2.56. The molecule has 8 nitrogen and oxygen atoms in total. The zero-order chi connectivity index (χ0) is 19.9. The first kappa shape index (κ1) is 21.1. The molecule has 9 heteroatoms. The molecule has 1 fully saturated rings. The summed E-state index contributed by atoms with van der Waals surface area (Å²) < 4.78 is 19.9. The lowest BCUT2D eigenvalue weighted by Crippen LogP contribution is -2.42. The normalized spacial score (nSPS) is 18.7. The Morgan fingerprint density at radius 2 is 1.85 bits per heavy atom. The first-order valence-corrected chi connectivity index (χ1v) is 10.6. The summed E-state index contributed by atoms with van der Waals surface area (Å²) in [5, 5.41) is 1.44. The number of nitrogens with zero attached hydrogens (tertiary/aromatic N) is 2. The van der Waals surface area contributed by atoms with Crippen molar-refractivity contribution in [2.24, 2.45) is 11.8 Å². The molecular formula is C17H30N3O5P. The Balaban J connectivity index is 2.20. The summed E-state index contributed by atoms with van der Waals surface area (Å²) in [4.78, 5) is 36.4. The molecule has 0 aromatic carbocycles. The molecule has 148 valence electrons. The molecule has 26 heavy (non-hydrogen) atoms. The Hall–Kier alpha value is -1.21. The van der Waals surface area contributed by atoms with Crippen molar-refractivity contribution in [2.75, 3.05) is 7.05 Å². The van der Waals surface area contributed by atoms with E-state index in [9.17, 15) is 19.0 Å². The van der Waals surface area contributed by atoms with Gasteiger partial charge in [0.15, 0.2) is 0 Å². The maximum Gasteiger partial charge on any atom is 0.348 e. The lowest BCUT2D eigenvalue weighted by atomic mass is 10.00. The van der Waals surface area contributed by atoms with Gasteiger partial charge in [-0.2, -0.15) is 5.06 Å². The number of aromatic amines is 1. The van der Waals surface area contributed by atoms with E-state index in [2.05, 4.69) is 4.98 Å². The van der Waals surface area contributed by atoms with Gasteiger partial charge in [-0.25, -0.2) is 9.42 Å². The third kappa shape index (κ3) is 4.36. The summed E-state index contributed by atoms with van der Waals surface area (Å²) >= 11 is 0. The van der Waals surface area contributed by atoms with Crippen LogP contribution < -0.4 is 11.2 Å². The zero-order valence-electron chi connectivity index (χ0n) is 16.4. The monoisotopic (exact) mass is 387 g/mol. The molecule has 1 atom stereocenters. The van der Waals surface area contributed by atoms with Gasteiger partial charge in [-0.15, -0.1) is 0 Å². The largest absolute Gasteiger partial charge is 0.348 e. The quantitative estimate of drug-likeness (QED) is 0.523. The van der Waals surface area contributed by atoms with E-state index in [-0.39, 0.29) is 18.4 Å². The lowest BCUT2D eigenvalue weighted by Gasteiger charge is -2.34. The van der Waals surface area contributed by atoms with E-state index in [4.69, 9.17) is 4.62 Å². The fourth-order valence-electron chi connectivity index (χ4n) is 3.61. The van der Waals surface area contributed by atoms with Crippen molar-refractivity contribution in [3.8, 4) is 0 Å². The standard InChI is InChI=1S/C17H30N3O5P/c1-11(2)14(12(3)4)26(23,24)25-19(6)17(7-8-17)10-20-9-13(5)15(21)18-16(20)22/h9,11-12,14H,7-8,10H2,1-6H3,(H,23,24)(H,18,21,22). The molecule has 2 N–H and O–H groups in total. The topological polar surface area (TPSA) is 105 Å². The third-order valence-corrected chi connectivity index (χ3v) is 7.56. The lowest BCUT2D eigenvalue weighted by molar-refractivity contribution is -0.0985. The fraction of sp³-hybridized carbons (Fsp3) is 0.765. The first-order valence-electron chi connectivity index (χ1n) is 8.96. The number of hydrogen-bond acceptors (Lipinski definition) is 5. The second kappa shape index (κ2) is 7.43. The maximum absolute atomic E-state index is 12.9. The molecule has 0 bridgehead atoms. The van der Waals surface area contributed by atoms with E-state index in [1.54, 1.807) is 14.0 Å². The summed E-state index contributed by atoms with van der Waals surface area (Å²) in [5.41, 5.74) is -1.45. The smallest absolute Gasteiger partial charge is 0.323 e. The number of rotatable bonds is 8. The van der Waals surface area contributed by atoms with Crippen LogP contribution in [0.4, 0.5) is 0 Å². The van der Waals surface area contributed by atoms with Gasteiger partial charge in [0.25, 0.3) is 5.56 Å². The average molecular weight is 387 g/mol. The van der Waals surface area contributed by atoms with Crippen molar-refractivity contribution in [1.82, 2.24) is 14.6 Å². The SMILES string of the molecule is Cc1cn(CC2(N(C)OP(=O)(O)C(C(C)C)C(C)C)CC2)c(=O)[nH]c1=O. The van der Waals surface area contributed by atoms with Crippen molar-refractivity contribution in [3.63, 3.8) is 0 Å². The van der Waals surface area contributed by atoms with Crippen LogP contribution >= 0.6 is 7.60 Å². The van der Waals surface area contributed by atoms with Gasteiger partial charge in [0.05, 0.1) is 11.2 Å². The zero-order valence-corrected chi connectivity index (χ0v) is 17.2. The van der Waals surface area contributed by atoms with Crippen molar-refractivity contribution in [3.05, 3.63) is 32.6 Å². The van der Waals surface area contributed by atoms with E-state index >= 15 is 0 Å². The number of hydroxylamine groups is 2. The predicted molar refractivity (Wildman–Crippen MR) is 100 cm³/mol. The Morgan fingerprint density at radius 1 is 1.31 bits per heavy atom. The van der Waals surface area contributed by atoms with Crippen molar-refractivity contribution >= 4 is 7.60 Å². The fourth-order valence-corrected chi connectivity index (χ4v) is 5.75. The molecule has 1 aliphatic carbocycles. The van der Waals surface area contributed by atoms with Gasteiger partial charge < -0.3 is 4.89 Å². The summed E-state index contributed by atoms with van der Waals surface area (Å²) in [6.07, 6.45) is 2.99. The minimum Gasteiger partial charge on any atom is -0.323 e. The summed E-state index contributed by atoms with van der Waals surface area (Å²) in [6.45, 7) is 9.55. The van der Waals surface area contributed by atoms with Gasteiger partial charge in [0, 0.05) is 25.4 Å². The number of aryl methyl sites for hydroxylation is 1. The molecular weight excluding hydrogens is 357 g/mol. The van der Waals surface area contributed by atoms with Gasteiger partial charge >= 0.3 is 13.3 Å². The Bertz CT molecular complexity index is 801. The van der Waals surface area contributed by atoms with Gasteiger partial charge in [-0.3, -0.25) is 18.9 Å². The first-order chi connectivity index (χ1) is 11.9. The second-order valence-corrected chi connectivity index (χ2v) is 9.93. The van der Waals surface area contributed by atoms with Crippen LogP contribution in [0.25, 0.3) is 0 Å². The Kier molecular flexibility index (Phi) is 6.03. The molecule has 1 unspecified atom stereocenters. The van der Waals surface area contributed by atoms with Crippen LogP contribution in [0.3, 0.4) is 0 Å². The van der Waals surface area contributed by atoms with E-state index in [0.717, 1.165) is 12.8 Å². The van der Waals surface area contributed by atoms with E-state index in [1.807, 2.05) is 27.7 Å². The molecule has 0 aliphatic heterocycles. The van der Waals surface area contributed by atoms with Gasteiger partial charge in [-0.1, -0.05) is 27.7 Å². The van der Waals surface area contributed by atoms with Crippen LogP contribution in [0.15, 0.2) is 15.8 Å². The number of H-pyrrole nitrogens is 1. The molecule has 1 saturated carbocycles. The van der Waals surface area contributed by atoms with Crippen LogP contribution in [0.5, 0.6) is 0 Å². The van der Waals surface area contributed by atoms with E-state index < -0.39 is 30.0 Å². The summed E-state index contributed by atoms with van der Waals surface area (Å²) in [5.74, 6) is -0.00212. The number of likely N-dealkylation sites (N-methyl/N-ethyl adjacent to an activating group) is 1. The highest BCUT2D eigenvalue weighted by molar-refractivity contribution is 7.53. The molecule has 0 spiro atoms. The highest BCUT2D eigenvalue weighted by Gasteiger charge is 2.51. The van der Waals surface area contributed by atoms with Crippen LogP contribution in [-0.4, -0.2) is 37.8 Å². The molecule has 1 aromatic heterocycles. The second-order valence-electron chi connectivity index (χ2n) is 8.05. The van der Waals surface area contributed by atoms with Crippen LogP contribution in [0.1, 0.15) is 46.1 Å². The minimum atomic E-state index is -3.88. The number of nitrogens with one attached hydrogen (secondary N) is 1. The van der Waals surface area contributed by atoms with Crippen molar-refractivity contribution in [2.45, 2.75) is 65.2 Å². The molecule has 0 saturated heterocycles. The molecule has 0 amide bonds. The highest BCUT2D eigenvalue weighted by atomic mass is 31.2. The van der Waals surface area contributed by atoms with Crippen molar-refractivity contribution < 1.29 is 14.1 Å². The molecule has 0 radical (unpaired) electrons. The van der Waals surface area contributed by atoms with Gasteiger partial charge in [-0.05, 0) is 31.6 Å².